The molecule has 30 heavy (non-hydrogen) atoms. The van der Waals surface area contributed by atoms with Gasteiger partial charge in [0.15, 0.2) is 0 Å². The second kappa shape index (κ2) is 7.71. The van der Waals surface area contributed by atoms with Gasteiger partial charge in [0.2, 0.25) is 0 Å². The van der Waals surface area contributed by atoms with E-state index in [0.717, 1.165) is 53.9 Å². The number of hydrogen-bond acceptors (Lipinski definition) is 5. The molecule has 3 aromatic rings. The molecule has 0 saturated carbocycles. The Morgan fingerprint density at radius 3 is 2.53 bits per heavy atom. The highest BCUT2D eigenvalue weighted by Gasteiger charge is 2.29. The average molecular weight is 409 g/mol. The molecular formula is C21H27N7O2. The molecular weight excluding hydrogens is 382 g/mol. The maximum Gasteiger partial charge on any atom is 0.320 e. The third kappa shape index (κ3) is 3.43. The topological polar surface area (TPSA) is 81.3 Å². The predicted octanol–water partition coefficient (Wildman–Crippen LogP) is 2.00. The number of likely N-dealkylation sites (tertiary alicyclic amines) is 1. The monoisotopic (exact) mass is 409 g/mol. The minimum Gasteiger partial charge on any atom is -0.378 e. The van der Waals surface area contributed by atoms with Crippen molar-refractivity contribution in [2.45, 2.75) is 18.8 Å². The lowest BCUT2D eigenvalue weighted by molar-refractivity contribution is 0.0411. The molecule has 9 heteroatoms. The van der Waals surface area contributed by atoms with Crippen molar-refractivity contribution in [1.29, 1.82) is 0 Å². The van der Waals surface area contributed by atoms with Gasteiger partial charge in [-0.3, -0.25) is 4.68 Å². The van der Waals surface area contributed by atoms with Crippen LogP contribution in [0.2, 0.25) is 0 Å². The Hall–Kier alpha value is -2.94. The second-order valence-corrected chi connectivity index (χ2v) is 8.16. The Balaban J connectivity index is 1.38. The van der Waals surface area contributed by atoms with E-state index < -0.39 is 0 Å². The number of piperidine rings is 1. The van der Waals surface area contributed by atoms with Crippen molar-refractivity contribution in [3.8, 4) is 11.3 Å². The van der Waals surface area contributed by atoms with Gasteiger partial charge in [0.05, 0.1) is 31.3 Å². The standard InChI is InChI=1S/C21H27N7O2/c1-25-14-22-20-18(25)11-17(24-19(20)16-12-23-26(2)13-16)15-3-5-27(6-4-15)21(29)28-7-9-30-10-8-28/h11-15H,3-10H2,1-2H3. The fourth-order valence-corrected chi connectivity index (χ4v) is 4.42. The summed E-state index contributed by atoms with van der Waals surface area (Å²) in [6, 6.07) is 2.30. The summed E-state index contributed by atoms with van der Waals surface area (Å²) in [6.07, 6.45) is 7.48. The first kappa shape index (κ1) is 19.0. The number of carbonyl (C=O) groups excluding carboxylic acids is 1. The maximum atomic E-state index is 12.8. The number of morpholine rings is 1. The van der Waals surface area contributed by atoms with Gasteiger partial charge in [-0.15, -0.1) is 0 Å². The molecule has 9 nitrogen and oxygen atoms in total. The molecule has 5 heterocycles. The number of aryl methyl sites for hydroxylation is 2. The first-order valence-electron chi connectivity index (χ1n) is 10.5. The van der Waals surface area contributed by atoms with E-state index in [2.05, 4.69) is 16.1 Å². The number of urea groups is 1. The number of rotatable bonds is 2. The largest absolute Gasteiger partial charge is 0.378 e. The van der Waals surface area contributed by atoms with Crippen molar-refractivity contribution in [3.05, 3.63) is 30.5 Å². The van der Waals surface area contributed by atoms with Crippen LogP contribution >= 0.6 is 0 Å². The first-order chi connectivity index (χ1) is 14.6. The van der Waals surface area contributed by atoms with Crippen LogP contribution in [0.4, 0.5) is 4.79 Å². The minimum absolute atomic E-state index is 0.142. The highest BCUT2D eigenvalue weighted by Crippen LogP contribution is 2.33. The Bertz CT molecular complexity index is 1060. The molecule has 0 bridgehead atoms. The zero-order chi connectivity index (χ0) is 20.7. The Labute approximate surface area is 175 Å². The SMILES string of the molecule is Cn1cc(-c2nc(C3CCN(C(=O)N4CCOCC4)CC3)cc3c2ncn3C)cn1. The number of hydrogen-bond donors (Lipinski definition) is 0. The molecule has 0 N–H and O–H groups in total. The summed E-state index contributed by atoms with van der Waals surface area (Å²) in [7, 11) is 3.92. The van der Waals surface area contributed by atoms with Crippen molar-refractivity contribution in [3.63, 3.8) is 0 Å². The number of nitrogens with zero attached hydrogens (tertiary/aromatic N) is 7. The Morgan fingerprint density at radius 2 is 1.83 bits per heavy atom. The zero-order valence-corrected chi connectivity index (χ0v) is 17.5. The molecule has 0 aromatic carbocycles. The number of pyridine rings is 1. The fourth-order valence-electron chi connectivity index (χ4n) is 4.42. The van der Waals surface area contributed by atoms with Crippen LogP contribution < -0.4 is 0 Å². The predicted molar refractivity (Wildman–Crippen MR) is 112 cm³/mol. The van der Waals surface area contributed by atoms with E-state index in [1.54, 1.807) is 4.68 Å². The molecule has 0 aliphatic carbocycles. The zero-order valence-electron chi connectivity index (χ0n) is 17.5. The summed E-state index contributed by atoms with van der Waals surface area (Å²) in [5.74, 6) is 0.327. The molecule has 2 amide bonds. The van der Waals surface area contributed by atoms with Gasteiger partial charge in [-0.05, 0) is 18.9 Å². The summed E-state index contributed by atoms with van der Waals surface area (Å²) < 4.78 is 9.19. The molecule has 2 fully saturated rings. The Morgan fingerprint density at radius 1 is 1.10 bits per heavy atom. The number of aromatic nitrogens is 5. The van der Waals surface area contributed by atoms with Crippen LogP contribution in [0.3, 0.4) is 0 Å². The van der Waals surface area contributed by atoms with E-state index in [-0.39, 0.29) is 6.03 Å². The average Bonchev–Trinajstić information content (AvgIpc) is 3.39. The normalized spacial score (nSPS) is 18.3. The number of fused-ring (bicyclic) bond motifs is 1. The van der Waals surface area contributed by atoms with E-state index in [9.17, 15) is 4.79 Å². The van der Waals surface area contributed by atoms with Crippen molar-refractivity contribution in [1.82, 2.24) is 34.1 Å². The highest BCUT2D eigenvalue weighted by atomic mass is 16.5. The smallest absolute Gasteiger partial charge is 0.320 e. The second-order valence-electron chi connectivity index (χ2n) is 8.16. The van der Waals surface area contributed by atoms with E-state index in [4.69, 9.17) is 9.72 Å². The van der Waals surface area contributed by atoms with Gasteiger partial charge in [-0.1, -0.05) is 0 Å². The molecule has 0 unspecified atom stereocenters. The lowest BCUT2D eigenvalue weighted by Gasteiger charge is -2.37. The lowest BCUT2D eigenvalue weighted by Crippen LogP contribution is -2.50. The van der Waals surface area contributed by atoms with Crippen molar-refractivity contribution in [2.75, 3.05) is 39.4 Å². The van der Waals surface area contributed by atoms with Crippen LogP contribution in [0.25, 0.3) is 22.3 Å². The lowest BCUT2D eigenvalue weighted by atomic mass is 9.92. The number of imidazole rings is 1. The summed E-state index contributed by atoms with van der Waals surface area (Å²) >= 11 is 0. The van der Waals surface area contributed by atoms with E-state index in [1.807, 2.05) is 47.2 Å². The molecule has 158 valence electrons. The van der Waals surface area contributed by atoms with Crippen LogP contribution in [0.5, 0.6) is 0 Å². The van der Waals surface area contributed by atoms with Gasteiger partial charge in [-0.25, -0.2) is 14.8 Å². The number of amides is 2. The van der Waals surface area contributed by atoms with Crippen LogP contribution in [-0.4, -0.2) is 79.5 Å². The molecule has 5 rings (SSSR count). The molecule has 2 aliphatic heterocycles. The third-order valence-corrected chi connectivity index (χ3v) is 6.18. The number of ether oxygens (including phenoxy) is 1. The summed E-state index contributed by atoms with van der Waals surface area (Å²) in [4.78, 5) is 26.3. The minimum atomic E-state index is 0.142. The van der Waals surface area contributed by atoms with Crippen molar-refractivity contribution in [2.24, 2.45) is 14.1 Å². The molecule has 0 atom stereocenters. The van der Waals surface area contributed by atoms with Gasteiger partial charge < -0.3 is 19.1 Å². The molecule has 0 radical (unpaired) electrons. The van der Waals surface area contributed by atoms with Gasteiger partial charge in [0.1, 0.15) is 11.2 Å². The van der Waals surface area contributed by atoms with E-state index >= 15 is 0 Å². The van der Waals surface area contributed by atoms with E-state index in [1.165, 1.54) is 0 Å². The Kier molecular flexibility index (Phi) is 4.90. The quantitative estimate of drug-likeness (QED) is 0.647. The third-order valence-electron chi connectivity index (χ3n) is 6.18. The van der Waals surface area contributed by atoms with Gasteiger partial charge in [0.25, 0.3) is 0 Å². The fraction of sp³-hybridized carbons (Fsp3) is 0.524. The van der Waals surface area contributed by atoms with Gasteiger partial charge in [-0.2, -0.15) is 5.10 Å². The van der Waals surface area contributed by atoms with Crippen LogP contribution in [0.15, 0.2) is 24.8 Å². The highest BCUT2D eigenvalue weighted by molar-refractivity contribution is 5.89. The van der Waals surface area contributed by atoms with Crippen LogP contribution in [0.1, 0.15) is 24.5 Å². The number of carbonyl (C=O) groups is 1. The van der Waals surface area contributed by atoms with E-state index in [0.29, 0.717) is 32.2 Å². The van der Waals surface area contributed by atoms with Gasteiger partial charge >= 0.3 is 6.03 Å². The maximum absolute atomic E-state index is 12.8. The van der Waals surface area contributed by atoms with Gasteiger partial charge in [0, 0.05) is 63.6 Å². The summed E-state index contributed by atoms with van der Waals surface area (Å²) in [6.45, 7) is 4.15. The van der Waals surface area contributed by atoms with Crippen molar-refractivity contribution < 1.29 is 9.53 Å². The molecule has 0 spiro atoms. The van der Waals surface area contributed by atoms with Crippen molar-refractivity contribution >= 4 is 17.1 Å². The summed E-state index contributed by atoms with van der Waals surface area (Å²) in [5.41, 5.74) is 4.90. The molecule has 3 aromatic heterocycles. The summed E-state index contributed by atoms with van der Waals surface area (Å²) in [5, 5.41) is 4.31. The van der Waals surface area contributed by atoms with Crippen LogP contribution in [-0.2, 0) is 18.8 Å². The molecule has 2 saturated heterocycles. The van der Waals surface area contributed by atoms with Crippen LogP contribution in [0, 0.1) is 0 Å². The molecule has 2 aliphatic rings. The first-order valence-corrected chi connectivity index (χ1v) is 10.5.